The normalized spacial score (nSPS) is 13.6. The van der Waals surface area contributed by atoms with Crippen LogP contribution in [0.1, 0.15) is 39.3 Å². The molecule has 1 aliphatic heterocycles. The van der Waals surface area contributed by atoms with E-state index in [1.54, 1.807) is 36.5 Å². The second-order valence-electron chi connectivity index (χ2n) is 10.9. The molecule has 6 rings (SSSR count). The lowest BCUT2D eigenvalue weighted by molar-refractivity contribution is 0.0600. The number of hydrogen-bond donors (Lipinski definition) is 1. The summed E-state index contributed by atoms with van der Waals surface area (Å²) in [6, 6.07) is 22.7. The Kier molecular flexibility index (Phi) is 8.27. The van der Waals surface area contributed by atoms with Crippen LogP contribution in [0.3, 0.4) is 0 Å². The molecule has 1 aliphatic rings. The summed E-state index contributed by atoms with van der Waals surface area (Å²) in [5.41, 5.74) is 3.93. The van der Waals surface area contributed by atoms with Crippen molar-refractivity contribution < 1.29 is 27.9 Å². The van der Waals surface area contributed by atoms with Gasteiger partial charge in [0.2, 0.25) is 0 Å². The van der Waals surface area contributed by atoms with E-state index in [1.165, 1.54) is 19.2 Å². The minimum Gasteiger partial charge on any atom is -0.493 e. The summed E-state index contributed by atoms with van der Waals surface area (Å²) >= 11 is 0. The molecule has 3 aromatic carbocycles. The smallest absolute Gasteiger partial charge is 0.337 e. The molecule has 1 saturated heterocycles. The summed E-state index contributed by atoms with van der Waals surface area (Å²) in [7, 11) is 1.36. The van der Waals surface area contributed by atoms with Crippen LogP contribution in [0.25, 0.3) is 22.1 Å². The van der Waals surface area contributed by atoms with Crippen molar-refractivity contribution in [3.05, 3.63) is 108 Å². The van der Waals surface area contributed by atoms with Crippen LogP contribution in [-0.4, -0.2) is 43.7 Å². The predicted molar refractivity (Wildman–Crippen MR) is 167 cm³/mol. The zero-order valence-corrected chi connectivity index (χ0v) is 24.5. The number of halogens is 1. The van der Waals surface area contributed by atoms with Crippen molar-refractivity contribution in [2.75, 3.05) is 37.0 Å². The Hall–Kier alpha value is -5.18. The van der Waals surface area contributed by atoms with Crippen LogP contribution in [0.5, 0.6) is 5.75 Å². The molecule has 0 radical (unpaired) electrons. The van der Waals surface area contributed by atoms with Crippen LogP contribution in [0.4, 0.5) is 15.9 Å². The molecule has 1 amide bonds. The fourth-order valence-corrected chi connectivity index (χ4v) is 5.49. The van der Waals surface area contributed by atoms with Crippen molar-refractivity contribution >= 4 is 34.4 Å². The number of amides is 1. The van der Waals surface area contributed by atoms with Crippen LogP contribution < -0.4 is 15.0 Å². The van der Waals surface area contributed by atoms with Crippen LogP contribution in [0.15, 0.2) is 89.5 Å². The van der Waals surface area contributed by atoms with Crippen molar-refractivity contribution in [3.63, 3.8) is 0 Å². The molecule has 1 N–H and O–H groups in total. The average Bonchev–Trinajstić information content (AvgIpc) is 3.39. The Morgan fingerprint density at radius 3 is 2.55 bits per heavy atom. The Morgan fingerprint density at radius 2 is 1.80 bits per heavy atom. The number of nitrogens with one attached hydrogen (secondary N) is 1. The molecule has 224 valence electrons. The fraction of sp³-hybridized carbons (Fsp3) is 0.229. The van der Waals surface area contributed by atoms with Crippen LogP contribution in [0.2, 0.25) is 0 Å². The molecule has 0 aliphatic carbocycles. The van der Waals surface area contributed by atoms with E-state index in [-0.39, 0.29) is 23.5 Å². The number of hydrogen-bond acceptors (Lipinski definition) is 7. The zero-order chi connectivity index (χ0) is 30.6. The quantitative estimate of drug-likeness (QED) is 0.189. The number of aryl methyl sites for hydroxylation is 1. The molecule has 0 unspecified atom stereocenters. The van der Waals surface area contributed by atoms with Crippen LogP contribution >= 0.6 is 0 Å². The van der Waals surface area contributed by atoms with Crippen molar-refractivity contribution in [1.82, 2.24) is 4.98 Å². The minimum absolute atomic E-state index is 0.224. The molecule has 0 saturated carbocycles. The van der Waals surface area contributed by atoms with Gasteiger partial charge in [-0.25, -0.2) is 14.2 Å². The number of furan rings is 1. The van der Waals surface area contributed by atoms with Gasteiger partial charge in [0, 0.05) is 24.0 Å². The number of piperidine rings is 1. The third-order valence-electron chi connectivity index (χ3n) is 7.99. The SMILES string of the molecule is COC(=O)c1cccc(OCC2CCN(c3ccc(NC(=O)c4oc5ccc(-c6cccc(F)c6)cc5c4C)cn3)CC2)c1. The topological polar surface area (TPSA) is 93.9 Å². The standard InChI is InChI=1S/C35H32FN3O5/c1-22-30-19-25(24-5-3-7-27(36)17-24)9-11-31(30)44-33(22)34(40)38-28-10-12-32(37-20-28)39-15-13-23(14-16-39)21-43-29-8-4-6-26(18-29)35(41)42-2/h3-12,17-20,23H,13-16,21H2,1-2H3,(H,38,40). The van der Waals surface area contributed by atoms with E-state index in [0.29, 0.717) is 40.7 Å². The van der Waals surface area contributed by atoms with Crippen molar-refractivity contribution in [3.8, 4) is 16.9 Å². The van der Waals surface area contributed by atoms with Gasteiger partial charge in [-0.3, -0.25) is 4.79 Å². The number of aromatic nitrogens is 1. The molecular formula is C35H32FN3O5. The lowest BCUT2D eigenvalue weighted by Gasteiger charge is -2.32. The lowest BCUT2D eigenvalue weighted by atomic mass is 9.98. The first kappa shape index (κ1) is 28.9. The van der Waals surface area contributed by atoms with E-state index < -0.39 is 0 Å². The highest BCUT2D eigenvalue weighted by Gasteiger charge is 2.22. The van der Waals surface area contributed by atoms with Gasteiger partial charge in [-0.2, -0.15) is 0 Å². The van der Waals surface area contributed by atoms with Gasteiger partial charge in [0.15, 0.2) is 5.76 Å². The third kappa shape index (κ3) is 6.27. The van der Waals surface area contributed by atoms with E-state index in [1.807, 2.05) is 43.3 Å². The van der Waals surface area contributed by atoms with E-state index in [4.69, 9.17) is 13.9 Å². The zero-order valence-electron chi connectivity index (χ0n) is 24.5. The van der Waals surface area contributed by atoms with Gasteiger partial charge in [0.1, 0.15) is 23.0 Å². The second kappa shape index (κ2) is 12.6. The summed E-state index contributed by atoms with van der Waals surface area (Å²) in [5, 5.41) is 3.69. The molecule has 1 fully saturated rings. The van der Waals surface area contributed by atoms with Crippen molar-refractivity contribution in [1.29, 1.82) is 0 Å². The molecule has 3 heterocycles. The number of esters is 1. The monoisotopic (exact) mass is 593 g/mol. The summed E-state index contributed by atoms with van der Waals surface area (Å²) in [6.45, 7) is 4.09. The maximum Gasteiger partial charge on any atom is 0.337 e. The van der Waals surface area contributed by atoms with Crippen LogP contribution in [-0.2, 0) is 4.74 Å². The molecular weight excluding hydrogens is 561 g/mol. The molecule has 2 aromatic heterocycles. The summed E-state index contributed by atoms with van der Waals surface area (Å²) in [4.78, 5) is 31.7. The highest BCUT2D eigenvalue weighted by molar-refractivity contribution is 6.06. The van der Waals surface area contributed by atoms with Gasteiger partial charge in [-0.1, -0.05) is 24.3 Å². The molecule has 0 atom stereocenters. The van der Waals surface area contributed by atoms with Gasteiger partial charge in [-0.05, 0) is 91.4 Å². The molecule has 8 nitrogen and oxygen atoms in total. The van der Waals surface area contributed by atoms with Gasteiger partial charge in [-0.15, -0.1) is 0 Å². The van der Waals surface area contributed by atoms with E-state index in [9.17, 15) is 14.0 Å². The summed E-state index contributed by atoms with van der Waals surface area (Å²) in [6.07, 6.45) is 3.54. The van der Waals surface area contributed by atoms with Crippen LogP contribution in [0, 0.1) is 18.7 Å². The van der Waals surface area contributed by atoms with E-state index in [0.717, 1.165) is 48.3 Å². The maximum absolute atomic E-state index is 13.7. The number of carbonyl (C=O) groups excluding carboxylic acids is 2. The van der Waals surface area contributed by atoms with Gasteiger partial charge < -0.3 is 24.1 Å². The molecule has 0 spiro atoms. The number of fused-ring (bicyclic) bond motifs is 1. The number of pyridine rings is 1. The Morgan fingerprint density at radius 1 is 1.00 bits per heavy atom. The first-order valence-corrected chi connectivity index (χ1v) is 14.5. The number of benzene rings is 3. The van der Waals surface area contributed by atoms with Gasteiger partial charge in [0.25, 0.3) is 5.91 Å². The maximum atomic E-state index is 13.7. The minimum atomic E-state index is -0.385. The number of ether oxygens (including phenoxy) is 2. The van der Waals surface area contributed by atoms with E-state index in [2.05, 4.69) is 15.2 Å². The van der Waals surface area contributed by atoms with Gasteiger partial charge >= 0.3 is 5.97 Å². The number of nitrogens with zero attached hydrogens (tertiary/aromatic N) is 2. The van der Waals surface area contributed by atoms with Crippen molar-refractivity contribution in [2.45, 2.75) is 19.8 Å². The largest absolute Gasteiger partial charge is 0.493 e. The summed E-state index contributed by atoms with van der Waals surface area (Å²) in [5.74, 6) is 1.06. The highest BCUT2D eigenvalue weighted by Crippen LogP contribution is 2.31. The van der Waals surface area contributed by atoms with Crippen molar-refractivity contribution in [2.24, 2.45) is 5.92 Å². The number of rotatable bonds is 8. The molecule has 0 bridgehead atoms. The Balaban J connectivity index is 1.04. The molecule has 44 heavy (non-hydrogen) atoms. The Bertz CT molecular complexity index is 1810. The Labute approximate surface area is 254 Å². The summed E-state index contributed by atoms with van der Waals surface area (Å²) < 4.78 is 30.4. The highest BCUT2D eigenvalue weighted by atomic mass is 19.1. The molecule has 5 aromatic rings. The molecule has 9 heteroatoms. The second-order valence-corrected chi connectivity index (χ2v) is 10.9. The average molecular weight is 594 g/mol. The van der Waals surface area contributed by atoms with Gasteiger partial charge in [0.05, 0.1) is 31.2 Å². The first-order chi connectivity index (χ1) is 21.4. The number of methoxy groups -OCH3 is 1. The third-order valence-corrected chi connectivity index (χ3v) is 7.99. The lowest BCUT2D eigenvalue weighted by Crippen LogP contribution is -2.36. The van der Waals surface area contributed by atoms with E-state index >= 15 is 0 Å². The predicted octanol–water partition coefficient (Wildman–Crippen LogP) is 7.28. The fourth-order valence-electron chi connectivity index (χ4n) is 5.49. The number of carbonyl (C=O) groups is 2. The first-order valence-electron chi connectivity index (χ1n) is 14.5. The number of anilines is 2.